The standard InChI is InChI=1S/C9H13ClN2/c1-7-5-8(6-12(2)11)3-4-9(7)10/h3-5H,6,11H2,1-2H3. The Bertz CT molecular complexity index is 271. The van der Waals surface area contributed by atoms with E-state index in [9.17, 15) is 0 Å². The summed E-state index contributed by atoms with van der Waals surface area (Å²) in [6, 6.07) is 5.93. The number of hydrogen-bond acceptors (Lipinski definition) is 2. The van der Waals surface area contributed by atoms with E-state index in [2.05, 4.69) is 0 Å². The average molecular weight is 185 g/mol. The molecule has 0 bridgehead atoms. The lowest BCUT2D eigenvalue weighted by molar-refractivity contribution is 0.341. The largest absolute Gasteiger partial charge is 0.269 e. The highest BCUT2D eigenvalue weighted by molar-refractivity contribution is 6.31. The van der Waals surface area contributed by atoms with Crippen LogP contribution in [0.4, 0.5) is 0 Å². The van der Waals surface area contributed by atoms with Crippen molar-refractivity contribution in [2.75, 3.05) is 7.05 Å². The Morgan fingerprint density at radius 3 is 2.67 bits per heavy atom. The van der Waals surface area contributed by atoms with Crippen molar-refractivity contribution in [2.24, 2.45) is 5.84 Å². The molecule has 0 radical (unpaired) electrons. The molecule has 0 saturated heterocycles. The van der Waals surface area contributed by atoms with E-state index in [-0.39, 0.29) is 0 Å². The Labute approximate surface area is 77.9 Å². The molecule has 0 aliphatic heterocycles. The third-order valence-electron chi connectivity index (χ3n) is 1.65. The first-order valence-corrected chi connectivity index (χ1v) is 4.18. The van der Waals surface area contributed by atoms with Gasteiger partial charge in [0, 0.05) is 18.6 Å². The van der Waals surface area contributed by atoms with Gasteiger partial charge in [0.25, 0.3) is 0 Å². The van der Waals surface area contributed by atoms with Crippen molar-refractivity contribution in [2.45, 2.75) is 13.5 Å². The van der Waals surface area contributed by atoms with Crippen LogP contribution in [-0.4, -0.2) is 12.1 Å². The van der Waals surface area contributed by atoms with Gasteiger partial charge in [-0.3, -0.25) is 5.84 Å². The molecule has 0 amide bonds. The Balaban J connectivity index is 2.82. The predicted octanol–water partition coefficient (Wildman–Crippen LogP) is 1.95. The van der Waals surface area contributed by atoms with Crippen molar-refractivity contribution in [3.8, 4) is 0 Å². The molecule has 0 aromatic heterocycles. The molecule has 2 nitrogen and oxygen atoms in total. The zero-order chi connectivity index (χ0) is 9.14. The summed E-state index contributed by atoms with van der Waals surface area (Å²) in [6.45, 7) is 2.74. The molecule has 0 spiro atoms. The minimum atomic E-state index is 0.748. The van der Waals surface area contributed by atoms with E-state index >= 15 is 0 Å². The molecule has 0 heterocycles. The normalized spacial score (nSPS) is 10.8. The summed E-state index contributed by atoms with van der Waals surface area (Å²) in [6.07, 6.45) is 0. The molecule has 0 unspecified atom stereocenters. The molecule has 0 fully saturated rings. The van der Waals surface area contributed by atoms with Gasteiger partial charge >= 0.3 is 0 Å². The minimum absolute atomic E-state index is 0.748. The summed E-state index contributed by atoms with van der Waals surface area (Å²) in [5, 5.41) is 2.45. The van der Waals surface area contributed by atoms with Gasteiger partial charge in [-0.1, -0.05) is 23.7 Å². The van der Waals surface area contributed by atoms with Gasteiger partial charge in [0.1, 0.15) is 0 Å². The molecule has 1 rings (SSSR count). The van der Waals surface area contributed by atoms with Crippen molar-refractivity contribution in [1.82, 2.24) is 5.01 Å². The fourth-order valence-electron chi connectivity index (χ4n) is 1.09. The first-order valence-electron chi connectivity index (χ1n) is 3.80. The number of aryl methyl sites for hydroxylation is 1. The van der Waals surface area contributed by atoms with Gasteiger partial charge < -0.3 is 0 Å². The number of hydrogen-bond donors (Lipinski definition) is 1. The van der Waals surface area contributed by atoms with Crippen LogP contribution in [0, 0.1) is 6.92 Å². The number of halogens is 1. The first kappa shape index (κ1) is 9.52. The third kappa shape index (κ3) is 2.48. The maximum atomic E-state index is 5.87. The second-order valence-corrected chi connectivity index (χ2v) is 3.41. The molecule has 1 aromatic rings. The van der Waals surface area contributed by atoms with Crippen LogP contribution in [0.3, 0.4) is 0 Å². The molecular formula is C9H13ClN2. The fourth-order valence-corrected chi connectivity index (χ4v) is 1.21. The maximum Gasteiger partial charge on any atom is 0.0435 e. The van der Waals surface area contributed by atoms with Gasteiger partial charge in [0.2, 0.25) is 0 Å². The van der Waals surface area contributed by atoms with E-state index in [0.29, 0.717) is 0 Å². The Hall–Kier alpha value is -0.570. The van der Waals surface area contributed by atoms with Crippen LogP contribution in [0.15, 0.2) is 18.2 Å². The molecule has 0 saturated carbocycles. The Morgan fingerprint density at radius 2 is 2.17 bits per heavy atom. The maximum absolute atomic E-state index is 5.87. The van der Waals surface area contributed by atoms with Crippen LogP contribution < -0.4 is 5.84 Å². The number of nitrogens with two attached hydrogens (primary N) is 1. The third-order valence-corrected chi connectivity index (χ3v) is 2.08. The monoisotopic (exact) mass is 184 g/mol. The number of rotatable bonds is 2. The van der Waals surface area contributed by atoms with Crippen LogP contribution in [-0.2, 0) is 6.54 Å². The summed E-state index contributed by atoms with van der Waals surface area (Å²) in [7, 11) is 1.84. The van der Waals surface area contributed by atoms with Gasteiger partial charge in [0.05, 0.1) is 0 Å². The number of hydrazine groups is 1. The molecule has 0 atom stereocenters. The van der Waals surface area contributed by atoms with Gasteiger partial charge in [0.15, 0.2) is 0 Å². The zero-order valence-electron chi connectivity index (χ0n) is 7.34. The van der Waals surface area contributed by atoms with Crippen molar-refractivity contribution in [3.05, 3.63) is 34.3 Å². The van der Waals surface area contributed by atoms with E-state index in [1.165, 1.54) is 5.56 Å². The second-order valence-electron chi connectivity index (χ2n) is 3.00. The van der Waals surface area contributed by atoms with Crippen LogP contribution in [0.5, 0.6) is 0 Å². The molecule has 66 valence electrons. The van der Waals surface area contributed by atoms with Gasteiger partial charge in [-0.05, 0) is 24.1 Å². The molecule has 0 aliphatic rings. The molecule has 2 N–H and O–H groups in total. The van der Waals surface area contributed by atoms with Crippen molar-refractivity contribution < 1.29 is 0 Å². The number of nitrogens with zero attached hydrogens (tertiary/aromatic N) is 1. The van der Waals surface area contributed by atoms with Gasteiger partial charge in [-0.2, -0.15) is 0 Å². The first-order chi connectivity index (χ1) is 5.59. The summed E-state index contributed by atoms with van der Waals surface area (Å²) < 4.78 is 0. The molecular weight excluding hydrogens is 172 g/mol. The van der Waals surface area contributed by atoms with Crippen LogP contribution >= 0.6 is 11.6 Å². The van der Waals surface area contributed by atoms with Crippen molar-refractivity contribution in [3.63, 3.8) is 0 Å². The predicted molar refractivity (Wildman–Crippen MR) is 51.8 cm³/mol. The van der Waals surface area contributed by atoms with E-state index in [0.717, 1.165) is 17.1 Å². The Kier molecular flexibility index (Phi) is 3.09. The van der Waals surface area contributed by atoms with Crippen LogP contribution in [0.2, 0.25) is 5.02 Å². The van der Waals surface area contributed by atoms with Crippen molar-refractivity contribution >= 4 is 11.6 Å². The lowest BCUT2D eigenvalue weighted by Crippen LogP contribution is -2.24. The van der Waals surface area contributed by atoms with E-state index in [1.807, 2.05) is 32.2 Å². The smallest absolute Gasteiger partial charge is 0.0435 e. The van der Waals surface area contributed by atoms with E-state index < -0.39 is 0 Å². The highest BCUT2D eigenvalue weighted by atomic mass is 35.5. The molecule has 0 aliphatic carbocycles. The van der Waals surface area contributed by atoms with Gasteiger partial charge in [-0.15, -0.1) is 0 Å². The summed E-state index contributed by atoms with van der Waals surface area (Å²) in [4.78, 5) is 0. The summed E-state index contributed by atoms with van der Waals surface area (Å²) >= 11 is 5.87. The quantitative estimate of drug-likeness (QED) is 0.563. The van der Waals surface area contributed by atoms with Gasteiger partial charge in [-0.25, -0.2) is 5.01 Å². The Morgan fingerprint density at radius 1 is 1.50 bits per heavy atom. The second kappa shape index (κ2) is 3.90. The molecule has 1 aromatic carbocycles. The number of benzene rings is 1. The summed E-state index contributed by atoms with van der Waals surface area (Å²) in [5.74, 6) is 5.51. The van der Waals surface area contributed by atoms with Crippen LogP contribution in [0.1, 0.15) is 11.1 Å². The highest BCUT2D eigenvalue weighted by Crippen LogP contribution is 2.16. The van der Waals surface area contributed by atoms with E-state index in [1.54, 1.807) is 5.01 Å². The SMILES string of the molecule is Cc1cc(CN(C)N)ccc1Cl. The molecule has 12 heavy (non-hydrogen) atoms. The lowest BCUT2D eigenvalue weighted by atomic mass is 10.1. The topological polar surface area (TPSA) is 29.3 Å². The lowest BCUT2D eigenvalue weighted by Gasteiger charge is -2.10. The highest BCUT2D eigenvalue weighted by Gasteiger charge is 1.98. The summed E-state index contributed by atoms with van der Waals surface area (Å²) in [5.41, 5.74) is 2.28. The van der Waals surface area contributed by atoms with Crippen LogP contribution in [0.25, 0.3) is 0 Å². The minimum Gasteiger partial charge on any atom is -0.269 e. The molecule has 3 heteroatoms. The fraction of sp³-hybridized carbons (Fsp3) is 0.333. The van der Waals surface area contributed by atoms with E-state index in [4.69, 9.17) is 17.4 Å². The van der Waals surface area contributed by atoms with Crippen molar-refractivity contribution in [1.29, 1.82) is 0 Å². The average Bonchev–Trinajstić information content (AvgIpc) is 1.96. The zero-order valence-corrected chi connectivity index (χ0v) is 8.10.